The van der Waals surface area contributed by atoms with Gasteiger partial charge in [-0.15, -0.1) is 10.2 Å². The molecule has 196 valence electrons. The van der Waals surface area contributed by atoms with Crippen molar-refractivity contribution in [3.05, 3.63) is 81.8 Å². The van der Waals surface area contributed by atoms with E-state index in [0.29, 0.717) is 39.4 Å². The molecule has 4 aromatic carbocycles. The van der Waals surface area contributed by atoms with Gasteiger partial charge < -0.3 is 15.2 Å². The Labute approximate surface area is 228 Å². The first kappa shape index (κ1) is 27.3. The minimum Gasteiger partial charge on any atom is -0.505 e. The number of rotatable bonds is 7. The van der Waals surface area contributed by atoms with Crippen LogP contribution in [0.3, 0.4) is 0 Å². The highest BCUT2D eigenvalue weighted by Gasteiger charge is 2.22. The number of fused-ring (bicyclic) bond motifs is 1. The SMILES string of the molecule is CCOc1cc(Cl)cc(NC(=O)c2cc3ccccc3c(N=Nc3c(Cl)cc(C)cc3S(=O)(=O)O)c2O)c1. The van der Waals surface area contributed by atoms with E-state index in [-0.39, 0.29) is 22.0 Å². The second-order valence-electron chi connectivity index (χ2n) is 8.17. The Kier molecular flexibility index (Phi) is 7.89. The van der Waals surface area contributed by atoms with Crippen LogP contribution in [0.5, 0.6) is 11.5 Å². The van der Waals surface area contributed by atoms with Crippen LogP contribution in [0.4, 0.5) is 17.1 Å². The van der Waals surface area contributed by atoms with Crippen LogP contribution >= 0.6 is 23.2 Å². The molecule has 0 saturated carbocycles. The molecule has 0 saturated heterocycles. The Hall–Kier alpha value is -3.70. The summed E-state index contributed by atoms with van der Waals surface area (Å²) in [6, 6.07) is 15.6. The zero-order valence-corrected chi connectivity index (χ0v) is 22.4. The molecule has 0 bridgehead atoms. The van der Waals surface area contributed by atoms with E-state index in [0.717, 1.165) is 0 Å². The van der Waals surface area contributed by atoms with Crippen molar-refractivity contribution in [2.24, 2.45) is 10.2 Å². The summed E-state index contributed by atoms with van der Waals surface area (Å²) in [7, 11) is -4.69. The lowest BCUT2D eigenvalue weighted by molar-refractivity contribution is 0.102. The van der Waals surface area contributed by atoms with Gasteiger partial charge in [-0.25, -0.2) is 0 Å². The molecule has 12 heteroatoms. The monoisotopic (exact) mass is 573 g/mol. The number of hydrogen-bond donors (Lipinski definition) is 3. The quantitative estimate of drug-likeness (QED) is 0.155. The Morgan fingerprint density at radius 2 is 1.74 bits per heavy atom. The third kappa shape index (κ3) is 5.89. The van der Waals surface area contributed by atoms with Crippen LogP contribution in [0.25, 0.3) is 10.8 Å². The van der Waals surface area contributed by atoms with Crippen LogP contribution in [-0.4, -0.2) is 30.6 Å². The number of benzene rings is 4. The Balaban J connectivity index is 1.82. The zero-order chi connectivity index (χ0) is 27.6. The molecule has 1 amide bonds. The van der Waals surface area contributed by atoms with Gasteiger partial charge in [0, 0.05) is 22.2 Å². The van der Waals surface area contributed by atoms with Crippen molar-refractivity contribution in [2.45, 2.75) is 18.7 Å². The third-order valence-electron chi connectivity index (χ3n) is 5.38. The predicted octanol–water partition coefficient (Wildman–Crippen LogP) is 7.47. The number of aryl methyl sites for hydroxylation is 1. The van der Waals surface area contributed by atoms with Crippen LogP contribution in [0.1, 0.15) is 22.8 Å². The Bertz CT molecular complexity index is 1710. The van der Waals surface area contributed by atoms with E-state index in [1.807, 2.05) is 6.92 Å². The van der Waals surface area contributed by atoms with Gasteiger partial charge in [-0.1, -0.05) is 47.5 Å². The molecule has 0 unspecified atom stereocenters. The maximum atomic E-state index is 13.2. The van der Waals surface area contributed by atoms with Crippen molar-refractivity contribution in [3.63, 3.8) is 0 Å². The van der Waals surface area contributed by atoms with E-state index in [9.17, 15) is 22.9 Å². The number of azo groups is 1. The summed E-state index contributed by atoms with van der Waals surface area (Å²) >= 11 is 12.3. The number of nitrogens with zero attached hydrogens (tertiary/aromatic N) is 2. The zero-order valence-electron chi connectivity index (χ0n) is 20.1. The van der Waals surface area contributed by atoms with Crippen molar-refractivity contribution < 1.29 is 27.6 Å². The summed E-state index contributed by atoms with van der Waals surface area (Å²) in [6.45, 7) is 3.81. The number of hydrogen-bond acceptors (Lipinski definition) is 7. The second kappa shape index (κ2) is 11.0. The molecule has 0 aliphatic rings. The maximum absolute atomic E-state index is 13.2. The van der Waals surface area contributed by atoms with E-state index in [1.165, 1.54) is 24.3 Å². The van der Waals surface area contributed by atoms with Crippen molar-refractivity contribution in [1.29, 1.82) is 0 Å². The average Bonchev–Trinajstić information content (AvgIpc) is 2.83. The van der Waals surface area contributed by atoms with Crippen molar-refractivity contribution in [2.75, 3.05) is 11.9 Å². The Morgan fingerprint density at radius 3 is 2.45 bits per heavy atom. The number of carbonyl (C=O) groups is 1. The number of carbonyl (C=O) groups excluding carboxylic acids is 1. The number of nitrogens with one attached hydrogen (secondary N) is 1. The molecule has 0 fully saturated rings. The topological polar surface area (TPSA) is 138 Å². The Morgan fingerprint density at radius 1 is 1.03 bits per heavy atom. The number of phenolic OH excluding ortho intramolecular Hbond substituents is 1. The summed E-state index contributed by atoms with van der Waals surface area (Å²) in [4.78, 5) is 12.7. The molecular weight excluding hydrogens is 553 g/mol. The number of aromatic hydroxyl groups is 1. The van der Waals surface area contributed by atoms with E-state index in [2.05, 4.69) is 15.5 Å². The summed E-state index contributed by atoms with van der Waals surface area (Å²) < 4.78 is 39.0. The van der Waals surface area contributed by atoms with E-state index < -0.39 is 26.7 Å². The van der Waals surface area contributed by atoms with Gasteiger partial charge in [0.25, 0.3) is 16.0 Å². The predicted molar refractivity (Wildman–Crippen MR) is 146 cm³/mol. The lowest BCUT2D eigenvalue weighted by Gasteiger charge is -2.12. The number of amides is 1. The first-order valence-corrected chi connectivity index (χ1v) is 13.4. The molecule has 0 aromatic heterocycles. The first-order chi connectivity index (χ1) is 18.0. The molecule has 4 rings (SSSR count). The highest BCUT2D eigenvalue weighted by Crippen LogP contribution is 2.41. The molecular formula is C26H21Cl2N3O6S. The van der Waals surface area contributed by atoms with Crippen LogP contribution in [0, 0.1) is 6.92 Å². The summed E-state index contributed by atoms with van der Waals surface area (Å²) in [5, 5.41) is 23.0. The lowest BCUT2D eigenvalue weighted by Crippen LogP contribution is -2.12. The maximum Gasteiger partial charge on any atom is 0.296 e. The number of anilines is 1. The van der Waals surface area contributed by atoms with Gasteiger partial charge in [0.1, 0.15) is 22.0 Å². The highest BCUT2D eigenvalue weighted by molar-refractivity contribution is 7.86. The minimum atomic E-state index is -4.69. The number of halogens is 2. The molecule has 38 heavy (non-hydrogen) atoms. The van der Waals surface area contributed by atoms with E-state index >= 15 is 0 Å². The fourth-order valence-corrected chi connectivity index (χ4v) is 5.09. The molecule has 0 radical (unpaired) electrons. The van der Waals surface area contributed by atoms with Crippen LogP contribution < -0.4 is 10.1 Å². The van der Waals surface area contributed by atoms with Gasteiger partial charge in [0.15, 0.2) is 5.75 Å². The molecule has 0 aliphatic carbocycles. The number of ether oxygens (including phenoxy) is 1. The molecule has 3 N–H and O–H groups in total. The fourth-order valence-electron chi connectivity index (χ4n) is 3.77. The standard InChI is InChI=1S/C26H21Cl2N3O6S/c1-3-37-18-12-16(27)11-17(13-18)29-26(33)20-10-15-6-4-5-7-19(15)23(25(20)32)30-31-24-21(28)8-14(2)9-22(24)38(34,35)36/h4-13,32H,3H2,1-2H3,(H,29,33)(H,34,35,36). The smallest absolute Gasteiger partial charge is 0.296 e. The molecule has 9 nitrogen and oxygen atoms in total. The van der Waals surface area contributed by atoms with Crippen molar-refractivity contribution in [1.82, 2.24) is 0 Å². The normalized spacial score (nSPS) is 11.7. The first-order valence-electron chi connectivity index (χ1n) is 11.2. The third-order valence-corrected chi connectivity index (χ3v) is 6.75. The van der Waals surface area contributed by atoms with Gasteiger partial charge >= 0.3 is 0 Å². The van der Waals surface area contributed by atoms with Crippen LogP contribution in [0.2, 0.25) is 10.0 Å². The lowest BCUT2D eigenvalue weighted by atomic mass is 10.0. The van der Waals surface area contributed by atoms with Gasteiger partial charge in [-0.05, 0) is 55.1 Å². The van der Waals surface area contributed by atoms with Crippen molar-refractivity contribution >= 4 is 67.1 Å². The van der Waals surface area contributed by atoms with Crippen LogP contribution in [-0.2, 0) is 10.1 Å². The minimum absolute atomic E-state index is 0.0786. The van der Waals surface area contributed by atoms with Crippen molar-refractivity contribution in [3.8, 4) is 11.5 Å². The molecule has 0 spiro atoms. The summed E-state index contributed by atoms with van der Waals surface area (Å²) in [6.07, 6.45) is 0. The molecule has 0 aliphatic heterocycles. The summed E-state index contributed by atoms with van der Waals surface area (Å²) in [5.41, 5.74) is 0.265. The van der Waals surface area contributed by atoms with Gasteiger partial charge in [-0.2, -0.15) is 8.42 Å². The van der Waals surface area contributed by atoms with E-state index in [1.54, 1.807) is 43.3 Å². The van der Waals surface area contributed by atoms with E-state index in [4.69, 9.17) is 27.9 Å². The van der Waals surface area contributed by atoms with Gasteiger partial charge in [-0.3, -0.25) is 9.35 Å². The molecule has 0 heterocycles. The van der Waals surface area contributed by atoms with Gasteiger partial charge in [0.05, 0.1) is 17.2 Å². The summed E-state index contributed by atoms with van der Waals surface area (Å²) in [5.74, 6) is -0.716. The van der Waals surface area contributed by atoms with Crippen LogP contribution in [0.15, 0.2) is 75.8 Å². The largest absolute Gasteiger partial charge is 0.505 e. The highest BCUT2D eigenvalue weighted by atomic mass is 35.5. The fraction of sp³-hybridized carbons (Fsp3) is 0.115. The average molecular weight is 574 g/mol. The second-order valence-corrected chi connectivity index (χ2v) is 10.4. The van der Waals surface area contributed by atoms with Gasteiger partial charge in [0.2, 0.25) is 0 Å². The number of phenols is 1. The molecule has 4 aromatic rings. The molecule has 0 atom stereocenters.